The zero-order chi connectivity index (χ0) is 21.5. The predicted molar refractivity (Wildman–Crippen MR) is 110 cm³/mol. The summed E-state index contributed by atoms with van der Waals surface area (Å²) in [6.07, 6.45) is 3.37. The lowest BCUT2D eigenvalue weighted by atomic mass is 10.0. The van der Waals surface area contributed by atoms with E-state index in [0.717, 1.165) is 6.07 Å². The lowest BCUT2D eigenvalue weighted by molar-refractivity contribution is 0.0524. The molecule has 1 unspecified atom stereocenters. The fraction of sp³-hybridized carbons (Fsp3) is 0.368. The number of esters is 1. The molecule has 0 radical (unpaired) electrons. The zero-order valence-electron chi connectivity index (χ0n) is 16.2. The molecule has 9 nitrogen and oxygen atoms in total. The molecule has 1 aliphatic heterocycles. The normalized spacial score (nSPS) is 18.9. The summed E-state index contributed by atoms with van der Waals surface area (Å²) in [5.74, 6) is -1.49. The molecule has 0 saturated carbocycles. The standard InChI is InChI=1S/C19H20FN5O4S/c1-2-29-17(28)12-8-25(18-22-4-6-30-18)15-11(14(12)27)7-13(20)16(23-15)24-5-3-19(21,9-24)10-26/h4,6-8,26H,2-3,5,9-10,21H2,1H3. The minimum atomic E-state index is -0.841. The minimum Gasteiger partial charge on any atom is -0.462 e. The maximum absolute atomic E-state index is 15.0. The van der Waals surface area contributed by atoms with Gasteiger partial charge >= 0.3 is 5.97 Å². The monoisotopic (exact) mass is 433 g/mol. The Morgan fingerprint density at radius 3 is 2.93 bits per heavy atom. The number of halogens is 1. The number of pyridine rings is 2. The highest BCUT2D eigenvalue weighted by Gasteiger charge is 2.36. The molecule has 0 amide bonds. The van der Waals surface area contributed by atoms with Crippen molar-refractivity contribution in [2.75, 3.05) is 31.2 Å². The third-order valence-corrected chi connectivity index (χ3v) is 5.80. The first-order valence-corrected chi connectivity index (χ1v) is 10.2. The Bertz CT molecular complexity index is 1170. The Labute approximate surface area is 174 Å². The summed E-state index contributed by atoms with van der Waals surface area (Å²) >= 11 is 1.27. The summed E-state index contributed by atoms with van der Waals surface area (Å²) < 4.78 is 21.4. The van der Waals surface area contributed by atoms with Crippen molar-refractivity contribution >= 4 is 34.2 Å². The van der Waals surface area contributed by atoms with E-state index in [2.05, 4.69) is 9.97 Å². The van der Waals surface area contributed by atoms with E-state index in [0.29, 0.717) is 18.1 Å². The number of nitrogens with two attached hydrogens (primary N) is 1. The van der Waals surface area contributed by atoms with E-state index in [4.69, 9.17) is 10.5 Å². The van der Waals surface area contributed by atoms with Gasteiger partial charge in [-0.05, 0) is 19.4 Å². The zero-order valence-corrected chi connectivity index (χ0v) is 17.0. The molecule has 1 saturated heterocycles. The van der Waals surface area contributed by atoms with Gasteiger partial charge < -0.3 is 20.5 Å². The topological polar surface area (TPSA) is 124 Å². The van der Waals surface area contributed by atoms with Crippen LogP contribution in [0.25, 0.3) is 16.2 Å². The van der Waals surface area contributed by atoms with Crippen molar-refractivity contribution in [2.45, 2.75) is 18.9 Å². The highest BCUT2D eigenvalue weighted by molar-refractivity contribution is 7.12. The van der Waals surface area contributed by atoms with Crippen molar-refractivity contribution in [3.63, 3.8) is 0 Å². The van der Waals surface area contributed by atoms with Crippen LogP contribution in [0.3, 0.4) is 0 Å². The molecule has 4 rings (SSSR count). The highest BCUT2D eigenvalue weighted by Crippen LogP contribution is 2.29. The summed E-state index contributed by atoms with van der Waals surface area (Å²) in [6.45, 7) is 2.13. The van der Waals surface area contributed by atoms with Crippen LogP contribution in [0.1, 0.15) is 23.7 Å². The van der Waals surface area contributed by atoms with E-state index in [1.807, 2.05) is 0 Å². The Balaban J connectivity index is 1.93. The van der Waals surface area contributed by atoms with Crippen LogP contribution in [0, 0.1) is 5.82 Å². The lowest BCUT2D eigenvalue weighted by Crippen LogP contribution is -2.46. The van der Waals surface area contributed by atoms with Gasteiger partial charge in [0.05, 0.1) is 24.1 Å². The molecule has 0 aromatic carbocycles. The Hall–Kier alpha value is -2.89. The molecule has 0 bridgehead atoms. The number of carbonyl (C=O) groups excluding carboxylic acids is 1. The molecule has 0 aliphatic carbocycles. The van der Waals surface area contributed by atoms with Crippen LogP contribution in [0.2, 0.25) is 0 Å². The van der Waals surface area contributed by atoms with E-state index in [9.17, 15) is 19.1 Å². The first kappa shape index (κ1) is 20.4. The van der Waals surface area contributed by atoms with Crippen LogP contribution >= 0.6 is 11.3 Å². The number of carbonyl (C=O) groups is 1. The van der Waals surface area contributed by atoms with Gasteiger partial charge in [-0.25, -0.2) is 19.2 Å². The molecule has 0 spiro atoms. The fourth-order valence-electron chi connectivity index (χ4n) is 3.48. The van der Waals surface area contributed by atoms with Gasteiger partial charge in [-0.2, -0.15) is 0 Å². The fourth-order valence-corrected chi connectivity index (χ4v) is 4.09. The summed E-state index contributed by atoms with van der Waals surface area (Å²) in [6, 6.07) is 1.07. The number of aromatic nitrogens is 3. The van der Waals surface area contributed by atoms with Crippen LogP contribution < -0.4 is 16.1 Å². The second kappa shape index (κ2) is 7.74. The van der Waals surface area contributed by atoms with E-state index in [1.54, 1.807) is 23.4 Å². The summed E-state index contributed by atoms with van der Waals surface area (Å²) in [7, 11) is 0. The molecule has 11 heteroatoms. The maximum Gasteiger partial charge on any atom is 0.343 e. The number of hydrogen-bond acceptors (Lipinski definition) is 9. The number of fused-ring (bicyclic) bond motifs is 1. The average molecular weight is 433 g/mol. The van der Waals surface area contributed by atoms with Crippen molar-refractivity contribution in [3.8, 4) is 5.13 Å². The smallest absolute Gasteiger partial charge is 0.343 e. The molecule has 158 valence electrons. The van der Waals surface area contributed by atoms with Crippen molar-refractivity contribution in [3.05, 3.63) is 45.4 Å². The van der Waals surface area contributed by atoms with Gasteiger partial charge in [0.1, 0.15) is 5.56 Å². The van der Waals surface area contributed by atoms with Gasteiger partial charge in [0.15, 0.2) is 22.4 Å². The largest absolute Gasteiger partial charge is 0.462 e. The van der Waals surface area contributed by atoms with Gasteiger partial charge in [0.25, 0.3) is 0 Å². The second-order valence-corrected chi connectivity index (χ2v) is 8.01. The van der Waals surface area contributed by atoms with Gasteiger partial charge in [-0.3, -0.25) is 9.36 Å². The first-order valence-electron chi connectivity index (χ1n) is 9.34. The second-order valence-electron chi connectivity index (χ2n) is 7.13. The van der Waals surface area contributed by atoms with E-state index in [1.165, 1.54) is 22.1 Å². The average Bonchev–Trinajstić information content (AvgIpc) is 3.39. The third-order valence-electron chi connectivity index (χ3n) is 5.03. The van der Waals surface area contributed by atoms with Gasteiger partial charge in [-0.1, -0.05) is 0 Å². The van der Waals surface area contributed by atoms with Crippen molar-refractivity contribution in [1.29, 1.82) is 0 Å². The van der Waals surface area contributed by atoms with Gasteiger partial charge in [0, 0.05) is 30.9 Å². The van der Waals surface area contributed by atoms with Crippen molar-refractivity contribution in [1.82, 2.24) is 14.5 Å². The van der Waals surface area contributed by atoms with Crippen LogP contribution in [-0.4, -0.2) is 57.5 Å². The molecule has 1 atom stereocenters. The van der Waals surface area contributed by atoms with Crippen LogP contribution in [0.5, 0.6) is 0 Å². The Morgan fingerprint density at radius 1 is 1.50 bits per heavy atom. The van der Waals surface area contributed by atoms with Crippen LogP contribution in [0.4, 0.5) is 10.2 Å². The lowest BCUT2D eigenvalue weighted by Gasteiger charge is -2.23. The number of nitrogens with zero attached hydrogens (tertiary/aromatic N) is 4. The van der Waals surface area contributed by atoms with Crippen LogP contribution in [0.15, 0.2) is 28.6 Å². The number of thiazole rings is 1. The van der Waals surface area contributed by atoms with E-state index < -0.39 is 22.8 Å². The minimum absolute atomic E-state index is 0.0249. The molecule has 4 heterocycles. The molecule has 1 aliphatic rings. The molecule has 3 aromatic rings. The number of rotatable bonds is 5. The van der Waals surface area contributed by atoms with E-state index >= 15 is 0 Å². The Morgan fingerprint density at radius 2 is 2.30 bits per heavy atom. The Kier molecular flexibility index (Phi) is 5.26. The molecule has 3 aromatic heterocycles. The quantitative estimate of drug-likeness (QED) is 0.573. The summed E-state index contributed by atoms with van der Waals surface area (Å²) in [5, 5.41) is 11.6. The molecular weight excluding hydrogens is 413 g/mol. The molecule has 3 N–H and O–H groups in total. The van der Waals surface area contributed by atoms with Crippen LogP contribution in [-0.2, 0) is 4.74 Å². The highest BCUT2D eigenvalue weighted by atomic mass is 32.1. The summed E-state index contributed by atoms with van der Waals surface area (Å²) in [4.78, 5) is 35.5. The predicted octanol–water partition coefficient (Wildman–Crippen LogP) is 1.06. The molecular formula is C19H20FN5O4S. The number of aliphatic hydroxyl groups is 1. The molecule has 30 heavy (non-hydrogen) atoms. The number of anilines is 1. The number of hydrogen-bond donors (Lipinski definition) is 2. The summed E-state index contributed by atoms with van der Waals surface area (Å²) in [5.41, 5.74) is 4.53. The SMILES string of the molecule is CCOC(=O)c1cn(-c2nccs2)c2nc(N3CCC(N)(CO)C3)c(F)cc2c1=O. The third kappa shape index (κ3) is 3.44. The number of aliphatic hydroxyl groups excluding tert-OH is 1. The van der Waals surface area contributed by atoms with Crippen molar-refractivity contribution < 1.29 is 19.0 Å². The number of ether oxygens (including phenoxy) is 1. The van der Waals surface area contributed by atoms with E-state index in [-0.39, 0.29) is 42.2 Å². The molecule has 1 fully saturated rings. The van der Waals surface area contributed by atoms with Crippen molar-refractivity contribution in [2.24, 2.45) is 5.73 Å². The maximum atomic E-state index is 15.0. The van der Waals surface area contributed by atoms with Gasteiger partial charge in [-0.15, -0.1) is 11.3 Å². The first-order chi connectivity index (χ1) is 14.4. The van der Waals surface area contributed by atoms with Gasteiger partial charge in [0.2, 0.25) is 5.43 Å².